The fourth-order valence-electron chi connectivity index (χ4n) is 1.94. The molecule has 21 heavy (non-hydrogen) atoms. The monoisotopic (exact) mass is 434 g/mol. The molecule has 2 aromatic rings. The van der Waals surface area contributed by atoms with Gasteiger partial charge in [-0.05, 0) is 47.1 Å². The van der Waals surface area contributed by atoms with Crippen molar-refractivity contribution in [2.75, 3.05) is 13.2 Å². The molecule has 1 N–H and O–H groups in total. The quantitative estimate of drug-likeness (QED) is 0.500. The summed E-state index contributed by atoms with van der Waals surface area (Å²) < 4.78 is 7.74. The first-order valence-corrected chi connectivity index (χ1v) is 8.76. The van der Waals surface area contributed by atoms with Gasteiger partial charge in [0.15, 0.2) is 5.75 Å². The van der Waals surface area contributed by atoms with Crippen molar-refractivity contribution >= 4 is 54.4 Å². The predicted molar refractivity (Wildman–Crippen MR) is 95.4 cm³/mol. The number of nitrogens with one attached hydrogen (secondary N) is 1. The van der Waals surface area contributed by atoms with Crippen LogP contribution in [0.5, 0.6) is 5.75 Å². The molecule has 0 fully saturated rings. The van der Waals surface area contributed by atoms with Crippen LogP contribution in [-0.4, -0.2) is 24.2 Å². The lowest BCUT2D eigenvalue weighted by atomic mass is 10.2. The topological polar surface area (TPSA) is 34.1 Å². The number of halogens is 3. The van der Waals surface area contributed by atoms with Crippen LogP contribution < -0.4 is 10.1 Å². The summed E-state index contributed by atoms with van der Waals surface area (Å²) in [4.78, 5) is 4.39. The fraction of sp³-hybridized carbons (Fsp3) is 0.400. The molecule has 0 saturated heterocycles. The van der Waals surface area contributed by atoms with E-state index in [4.69, 9.17) is 16.3 Å². The fourth-order valence-corrected chi connectivity index (χ4v) is 3.48. The molecule has 114 valence electrons. The number of aromatic nitrogens is 1. The Balaban J connectivity index is 2.17. The van der Waals surface area contributed by atoms with Gasteiger partial charge in [-0.2, -0.15) is 0 Å². The summed E-state index contributed by atoms with van der Waals surface area (Å²) in [5.41, 5.74) is 0.764. The van der Waals surface area contributed by atoms with Crippen molar-refractivity contribution < 1.29 is 4.74 Å². The average Bonchev–Trinajstić information content (AvgIpc) is 2.41. The highest BCUT2D eigenvalue weighted by Gasteiger charge is 2.12. The molecule has 6 heteroatoms. The molecule has 0 radical (unpaired) electrons. The largest absolute Gasteiger partial charge is 0.490 e. The van der Waals surface area contributed by atoms with Crippen LogP contribution in [0.25, 0.3) is 10.9 Å². The van der Waals surface area contributed by atoms with Gasteiger partial charge in [0.25, 0.3) is 0 Å². The van der Waals surface area contributed by atoms with Gasteiger partial charge in [0.1, 0.15) is 10.7 Å². The van der Waals surface area contributed by atoms with Crippen LogP contribution in [0.4, 0.5) is 0 Å². The minimum absolute atomic E-state index is 0.457. The normalized spacial score (nSPS) is 11.3. The summed E-state index contributed by atoms with van der Waals surface area (Å²) in [7, 11) is 0. The highest BCUT2D eigenvalue weighted by molar-refractivity contribution is 9.11. The Hall–Kier alpha value is -0.360. The maximum Gasteiger partial charge on any atom is 0.159 e. The first-order valence-electron chi connectivity index (χ1n) is 6.79. The predicted octanol–water partition coefficient (Wildman–Crippen LogP) is 5.18. The molecular weight excluding hydrogens is 419 g/mol. The summed E-state index contributed by atoms with van der Waals surface area (Å²) in [6.45, 7) is 5.82. The number of rotatable bonds is 6. The molecule has 1 aromatic heterocycles. The van der Waals surface area contributed by atoms with Gasteiger partial charge in [-0.15, -0.1) is 0 Å². The Morgan fingerprint density at radius 2 is 2.05 bits per heavy atom. The summed E-state index contributed by atoms with van der Waals surface area (Å²) >= 11 is 13.1. The molecule has 0 amide bonds. The first-order chi connectivity index (χ1) is 9.99. The SMILES string of the molecule is CC(C)NCCCOc1c(Br)cc(Br)c2ccc(Cl)nc12. The van der Waals surface area contributed by atoms with E-state index < -0.39 is 0 Å². The summed E-state index contributed by atoms with van der Waals surface area (Å²) in [5, 5.41) is 4.81. The number of hydrogen-bond acceptors (Lipinski definition) is 3. The number of ether oxygens (including phenoxy) is 1. The second-order valence-corrected chi connectivity index (χ2v) is 7.11. The van der Waals surface area contributed by atoms with Crippen LogP contribution in [-0.2, 0) is 0 Å². The maximum absolute atomic E-state index is 6.01. The molecule has 0 spiro atoms. The molecule has 0 aliphatic rings. The van der Waals surface area contributed by atoms with E-state index in [2.05, 4.69) is 56.0 Å². The zero-order chi connectivity index (χ0) is 15.4. The number of benzene rings is 1. The second kappa shape index (κ2) is 7.77. The van der Waals surface area contributed by atoms with E-state index in [1.807, 2.05) is 12.1 Å². The van der Waals surface area contributed by atoms with Gasteiger partial charge in [0.05, 0.1) is 11.1 Å². The third-order valence-electron chi connectivity index (χ3n) is 2.92. The lowest BCUT2D eigenvalue weighted by Crippen LogP contribution is -2.24. The Labute approximate surface area is 146 Å². The van der Waals surface area contributed by atoms with Crippen molar-refractivity contribution in [3.05, 3.63) is 32.3 Å². The minimum atomic E-state index is 0.457. The molecule has 0 bridgehead atoms. The summed E-state index contributed by atoms with van der Waals surface area (Å²) in [5.74, 6) is 0.736. The third kappa shape index (κ3) is 4.55. The highest BCUT2D eigenvalue weighted by atomic mass is 79.9. The Kier molecular flexibility index (Phi) is 6.29. The van der Waals surface area contributed by atoms with Crippen LogP contribution >= 0.6 is 43.5 Å². The molecule has 0 aliphatic carbocycles. The zero-order valence-electron chi connectivity index (χ0n) is 11.9. The highest BCUT2D eigenvalue weighted by Crippen LogP contribution is 2.38. The van der Waals surface area contributed by atoms with E-state index >= 15 is 0 Å². The first kappa shape index (κ1) is 17.0. The molecule has 0 aliphatic heterocycles. The Morgan fingerprint density at radius 3 is 2.76 bits per heavy atom. The standard InChI is InChI=1S/C15H17Br2ClN2O/c1-9(2)19-6-3-7-21-15-12(17)8-11(16)10-4-5-13(18)20-14(10)15/h4-5,8-9,19H,3,6-7H2,1-2H3. The lowest BCUT2D eigenvalue weighted by molar-refractivity contribution is 0.307. The van der Waals surface area contributed by atoms with E-state index in [0.717, 1.165) is 38.6 Å². The molecule has 2 rings (SSSR count). The second-order valence-electron chi connectivity index (χ2n) is 5.01. The number of pyridine rings is 1. The van der Waals surface area contributed by atoms with Crippen LogP contribution in [0.3, 0.4) is 0 Å². The lowest BCUT2D eigenvalue weighted by Gasteiger charge is -2.13. The van der Waals surface area contributed by atoms with Gasteiger partial charge >= 0.3 is 0 Å². The van der Waals surface area contributed by atoms with E-state index in [9.17, 15) is 0 Å². The van der Waals surface area contributed by atoms with E-state index in [0.29, 0.717) is 17.8 Å². The molecule has 0 unspecified atom stereocenters. The minimum Gasteiger partial charge on any atom is -0.490 e. The molecule has 0 saturated carbocycles. The summed E-state index contributed by atoms with van der Waals surface area (Å²) in [6.07, 6.45) is 0.933. The van der Waals surface area contributed by atoms with Gasteiger partial charge in [-0.1, -0.05) is 41.4 Å². The Morgan fingerprint density at radius 1 is 1.29 bits per heavy atom. The van der Waals surface area contributed by atoms with Crippen LogP contribution in [0.2, 0.25) is 5.15 Å². The number of nitrogens with zero attached hydrogens (tertiary/aromatic N) is 1. The zero-order valence-corrected chi connectivity index (χ0v) is 15.8. The number of fused-ring (bicyclic) bond motifs is 1. The molecule has 0 atom stereocenters. The molecule has 1 aromatic carbocycles. The van der Waals surface area contributed by atoms with Gasteiger partial charge in [0.2, 0.25) is 0 Å². The smallest absolute Gasteiger partial charge is 0.159 e. The molecular formula is C15H17Br2ClN2O. The average molecular weight is 437 g/mol. The number of hydrogen-bond donors (Lipinski definition) is 1. The molecule has 3 nitrogen and oxygen atoms in total. The molecule has 1 heterocycles. The van der Waals surface area contributed by atoms with E-state index in [1.165, 1.54) is 0 Å². The van der Waals surface area contributed by atoms with Crippen molar-refractivity contribution in [1.82, 2.24) is 10.3 Å². The van der Waals surface area contributed by atoms with Crippen molar-refractivity contribution in [3.8, 4) is 5.75 Å². The van der Waals surface area contributed by atoms with Crippen molar-refractivity contribution in [1.29, 1.82) is 0 Å². The van der Waals surface area contributed by atoms with Crippen molar-refractivity contribution in [2.45, 2.75) is 26.3 Å². The van der Waals surface area contributed by atoms with Crippen LogP contribution in [0.1, 0.15) is 20.3 Å². The van der Waals surface area contributed by atoms with Crippen molar-refractivity contribution in [2.24, 2.45) is 0 Å². The van der Waals surface area contributed by atoms with E-state index in [1.54, 1.807) is 6.07 Å². The van der Waals surface area contributed by atoms with E-state index in [-0.39, 0.29) is 0 Å². The maximum atomic E-state index is 6.01. The summed E-state index contributed by atoms with van der Waals surface area (Å²) in [6, 6.07) is 6.18. The van der Waals surface area contributed by atoms with Gasteiger partial charge in [0, 0.05) is 15.9 Å². The van der Waals surface area contributed by atoms with Gasteiger partial charge in [-0.3, -0.25) is 0 Å². The van der Waals surface area contributed by atoms with Crippen LogP contribution in [0.15, 0.2) is 27.1 Å². The van der Waals surface area contributed by atoms with Crippen LogP contribution in [0, 0.1) is 0 Å². The van der Waals surface area contributed by atoms with Crippen molar-refractivity contribution in [3.63, 3.8) is 0 Å². The third-order valence-corrected chi connectivity index (χ3v) is 4.38. The Bertz CT molecular complexity index is 635. The van der Waals surface area contributed by atoms with Gasteiger partial charge < -0.3 is 10.1 Å². The van der Waals surface area contributed by atoms with Gasteiger partial charge in [-0.25, -0.2) is 4.98 Å².